The minimum Gasteiger partial charge on any atom is -0.481 e. The summed E-state index contributed by atoms with van der Waals surface area (Å²) in [6.07, 6.45) is 0.0175. The molecule has 2 heterocycles. The molecule has 3 nitrogen and oxygen atoms in total. The Morgan fingerprint density at radius 1 is 1.60 bits per heavy atom. The van der Waals surface area contributed by atoms with E-state index >= 15 is 0 Å². The zero-order chi connectivity index (χ0) is 10.8. The van der Waals surface area contributed by atoms with Crippen molar-refractivity contribution in [1.82, 2.24) is 4.98 Å². The highest BCUT2D eigenvalue weighted by molar-refractivity contribution is 9.10. The van der Waals surface area contributed by atoms with Crippen LogP contribution in [0, 0.1) is 0 Å². The third-order valence-corrected chi connectivity index (χ3v) is 4.71. The number of thiophene rings is 1. The average molecular weight is 304 g/mol. The van der Waals surface area contributed by atoms with Crippen molar-refractivity contribution < 1.29 is 9.90 Å². The lowest BCUT2D eigenvalue weighted by Gasteiger charge is -1.88. The largest absolute Gasteiger partial charge is 0.481 e. The van der Waals surface area contributed by atoms with Gasteiger partial charge in [0.1, 0.15) is 9.61 Å². The summed E-state index contributed by atoms with van der Waals surface area (Å²) in [4.78, 5) is 16.7. The maximum atomic E-state index is 10.6. The van der Waals surface area contributed by atoms with Crippen LogP contribution in [0.3, 0.4) is 0 Å². The Morgan fingerprint density at radius 2 is 2.40 bits per heavy atom. The smallest absolute Gasteiger partial charge is 0.308 e. The summed E-state index contributed by atoms with van der Waals surface area (Å²) in [5.41, 5.74) is 0. The second kappa shape index (κ2) is 4.42. The van der Waals surface area contributed by atoms with Crippen LogP contribution in [-0.4, -0.2) is 16.1 Å². The number of carboxylic acid groups (broad SMARTS) is 1. The van der Waals surface area contributed by atoms with Crippen molar-refractivity contribution in [2.24, 2.45) is 0 Å². The van der Waals surface area contributed by atoms with Gasteiger partial charge in [-0.15, -0.1) is 22.7 Å². The molecule has 0 saturated heterocycles. The molecule has 2 aromatic heterocycles. The Hall–Kier alpha value is -0.720. The number of halogens is 1. The molecule has 0 radical (unpaired) electrons. The van der Waals surface area contributed by atoms with E-state index in [1.807, 2.05) is 17.5 Å². The van der Waals surface area contributed by atoms with Gasteiger partial charge < -0.3 is 5.11 Å². The van der Waals surface area contributed by atoms with E-state index < -0.39 is 5.97 Å². The maximum Gasteiger partial charge on any atom is 0.308 e. The molecule has 0 aliphatic heterocycles. The number of carboxylic acids is 1. The van der Waals surface area contributed by atoms with Crippen LogP contribution in [0.5, 0.6) is 0 Å². The first-order valence-electron chi connectivity index (χ1n) is 4.07. The van der Waals surface area contributed by atoms with Crippen molar-refractivity contribution in [3.8, 4) is 9.88 Å². The van der Waals surface area contributed by atoms with E-state index in [0.717, 1.165) is 14.8 Å². The van der Waals surface area contributed by atoms with Crippen LogP contribution in [0.25, 0.3) is 9.88 Å². The third kappa shape index (κ3) is 2.45. The fourth-order valence-corrected chi connectivity index (χ4v) is 3.50. The molecule has 0 atom stereocenters. The van der Waals surface area contributed by atoms with Gasteiger partial charge in [-0.2, -0.15) is 0 Å². The van der Waals surface area contributed by atoms with Gasteiger partial charge in [-0.25, -0.2) is 4.98 Å². The summed E-state index contributed by atoms with van der Waals surface area (Å²) >= 11 is 6.29. The van der Waals surface area contributed by atoms with Crippen LogP contribution in [0.4, 0.5) is 0 Å². The van der Waals surface area contributed by atoms with Gasteiger partial charge in [0.05, 0.1) is 16.2 Å². The second-order valence-electron chi connectivity index (χ2n) is 2.78. The molecule has 6 heteroatoms. The predicted octanol–water partition coefficient (Wildman–Crippen LogP) is 3.26. The maximum absolute atomic E-state index is 10.6. The highest BCUT2D eigenvalue weighted by Crippen LogP contribution is 2.33. The number of nitrogens with zero attached hydrogens (tertiary/aromatic N) is 1. The molecule has 0 spiro atoms. The number of carbonyl (C=O) groups is 1. The molecule has 2 aromatic rings. The lowest BCUT2D eigenvalue weighted by Crippen LogP contribution is -1.98. The number of hydrogen-bond donors (Lipinski definition) is 1. The van der Waals surface area contributed by atoms with Gasteiger partial charge in [-0.3, -0.25) is 4.79 Å². The molecule has 2 rings (SSSR count). The number of thiazole rings is 1. The van der Waals surface area contributed by atoms with E-state index in [0.29, 0.717) is 4.60 Å². The molecule has 0 aliphatic rings. The van der Waals surface area contributed by atoms with Gasteiger partial charge in [0, 0.05) is 0 Å². The number of aromatic nitrogens is 1. The molecule has 0 fully saturated rings. The van der Waals surface area contributed by atoms with Gasteiger partial charge in [-0.1, -0.05) is 6.07 Å². The lowest BCUT2D eigenvalue weighted by molar-refractivity contribution is -0.136. The minimum atomic E-state index is -0.836. The Balaban J connectivity index is 2.33. The summed E-state index contributed by atoms with van der Waals surface area (Å²) < 4.78 is 0.637. The second-order valence-corrected chi connectivity index (χ2v) is 5.56. The summed E-state index contributed by atoms with van der Waals surface area (Å²) in [7, 11) is 0. The van der Waals surface area contributed by atoms with Crippen LogP contribution in [0.2, 0.25) is 0 Å². The molecule has 0 aliphatic carbocycles. The van der Waals surface area contributed by atoms with E-state index in [1.165, 1.54) is 11.3 Å². The fourth-order valence-electron chi connectivity index (χ4n) is 1.09. The Kier molecular flexibility index (Phi) is 3.18. The first-order valence-corrected chi connectivity index (χ1v) is 6.56. The fraction of sp³-hybridized carbons (Fsp3) is 0.111. The highest BCUT2D eigenvalue weighted by atomic mass is 79.9. The van der Waals surface area contributed by atoms with Gasteiger partial charge >= 0.3 is 5.97 Å². The van der Waals surface area contributed by atoms with Gasteiger partial charge in [0.15, 0.2) is 0 Å². The van der Waals surface area contributed by atoms with Crippen LogP contribution in [-0.2, 0) is 11.2 Å². The number of rotatable bonds is 3. The Bertz CT molecular complexity index is 478. The molecule has 0 unspecified atom stereocenters. The molecule has 1 N–H and O–H groups in total. The lowest BCUT2D eigenvalue weighted by atomic mass is 10.4. The van der Waals surface area contributed by atoms with E-state index in [1.54, 1.807) is 11.3 Å². The van der Waals surface area contributed by atoms with Crippen molar-refractivity contribution in [3.63, 3.8) is 0 Å². The van der Waals surface area contributed by atoms with Crippen LogP contribution in [0.1, 0.15) is 4.88 Å². The SMILES string of the molecule is O=C(O)Cc1sc(-c2cccs2)nc1Br. The Labute approximate surface area is 103 Å². The zero-order valence-electron chi connectivity index (χ0n) is 7.44. The molecule has 0 saturated carbocycles. The highest BCUT2D eigenvalue weighted by Gasteiger charge is 2.13. The quantitative estimate of drug-likeness (QED) is 0.947. The van der Waals surface area contributed by atoms with E-state index in [2.05, 4.69) is 20.9 Å². The van der Waals surface area contributed by atoms with E-state index in [-0.39, 0.29) is 6.42 Å². The van der Waals surface area contributed by atoms with Crippen molar-refractivity contribution in [2.45, 2.75) is 6.42 Å². The average Bonchev–Trinajstić information content (AvgIpc) is 2.75. The van der Waals surface area contributed by atoms with E-state index in [4.69, 9.17) is 5.11 Å². The van der Waals surface area contributed by atoms with Gasteiger partial charge in [-0.05, 0) is 27.4 Å². The zero-order valence-corrected chi connectivity index (χ0v) is 10.7. The van der Waals surface area contributed by atoms with E-state index in [9.17, 15) is 4.79 Å². The summed E-state index contributed by atoms with van der Waals surface area (Å²) in [5.74, 6) is -0.836. The monoisotopic (exact) mass is 303 g/mol. The summed E-state index contributed by atoms with van der Waals surface area (Å²) in [5, 5.41) is 11.5. The molecule has 0 bridgehead atoms. The molecular weight excluding hydrogens is 298 g/mol. The van der Waals surface area contributed by atoms with Crippen LogP contribution >= 0.6 is 38.6 Å². The first-order chi connectivity index (χ1) is 7.16. The van der Waals surface area contributed by atoms with Crippen molar-refractivity contribution in [2.75, 3.05) is 0 Å². The number of hydrogen-bond acceptors (Lipinski definition) is 4. The van der Waals surface area contributed by atoms with Gasteiger partial charge in [0.25, 0.3) is 0 Å². The summed E-state index contributed by atoms with van der Waals surface area (Å²) in [6, 6.07) is 3.92. The molecular formula is C9H6BrNO2S2. The molecule has 78 valence electrons. The predicted molar refractivity (Wildman–Crippen MR) is 64.5 cm³/mol. The standard InChI is InChI=1S/C9H6BrNO2S2/c10-8-6(4-7(12)13)15-9(11-8)5-2-1-3-14-5/h1-3H,4H2,(H,12,13). The third-order valence-electron chi connectivity index (χ3n) is 1.69. The minimum absolute atomic E-state index is 0.0175. The molecule has 0 amide bonds. The normalized spacial score (nSPS) is 10.5. The molecule has 15 heavy (non-hydrogen) atoms. The van der Waals surface area contributed by atoms with Crippen molar-refractivity contribution in [1.29, 1.82) is 0 Å². The Morgan fingerprint density at radius 3 is 3.00 bits per heavy atom. The van der Waals surface area contributed by atoms with Crippen molar-refractivity contribution >= 4 is 44.6 Å². The topological polar surface area (TPSA) is 50.2 Å². The van der Waals surface area contributed by atoms with Crippen LogP contribution in [0.15, 0.2) is 22.1 Å². The molecule has 0 aromatic carbocycles. The van der Waals surface area contributed by atoms with Crippen molar-refractivity contribution in [3.05, 3.63) is 27.0 Å². The van der Waals surface area contributed by atoms with Crippen LogP contribution < -0.4 is 0 Å². The summed E-state index contributed by atoms with van der Waals surface area (Å²) in [6.45, 7) is 0. The van der Waals surface area contributed by atoms with Gasteiger partial charge in [0.2, 0.25) is 0 Å². The first kappa shape index (κ1) is 10.8. The number of aliphatic carboxylic acids is 1.